The lowest BCUT2D eigenvalue weighted by atomic mass is 10.1. The van der Waals surface area contributed by atoms with Gasteiger partial charge in [-0.05, 0) is 56.2 Å². The Balaban J connectivity index is 0.00000256. The number of anilines is 1. The molecule has 1 fully saturated rings. The van der Waals surface area contributed by atoms with Gasteiger partial charge in [0.2, 0.25) is 0 Å². The smallest absolute Gasteiger partial charge is 0.122 e. The quantitative estimate of drug-likeness (QED) is 0.556. The number of aromatic nitrogens is 1. The molecule has 2 heterocycles. The van der Waals surface area contributed by atoms with Crippen molar-refractivity contribution in [1.29, 1.82) is 5.26 Å². The molecule has 0 bridgehead atoms. The third-order valence-electron chi connectivity index (χ3n) is 5.26. The average molecular weight is 424 g/mol. The van der Waals surface area contributed by atoms with Crippen molar-refractivity contribution in [2.75, 3.05) is 24.6 Å². The summed E-state index contributed by atoms with van der Waals surface area (Å²) in [6.45, 7) is 7.22. The van der Waals surface area contributed by atoms with Gasteiger partial charge >= 0.3 is 0 Å². The highest BCUT2D eigenvalue weighted by atomic mass is 35.5. The summed E-state index contributed by atoms with van der Waals surface area (Å²) in [5.41, 5.74) is 4.84. The van der Waals surface area contributed by atoms with Crippen molar-refractivity contribution in [3.05, 3.63) is 65.4 Å². The predicted molar refractivity (Wildman–Crippen MR) is 121 cm³/mol. The second-order valence-corrected chi connectivity index (χ2v) is 7.37. The molecule has 3 aromatic rings. The van der Waals surface area contributed by atoms with E-state index in [-0.39, 0.29) is 12.4 Å². The van der Waals surface area contributed by atoms with Gasteiger partial charge in [0, 0.05) is 42.5 Å². The standard InChI is InChI=1S/C24H25N3O2.ClH/c1-3-28-21-10-11-27(15-21)24-12-17(2)26-23-13-20(8-9-22(23)24)29-16-19-6-4-18(14-25)5-7-19;/h4-9,12-13,21H,3,10-11,15-16H2,1-2H3;1H. The van der Waals surface area contributed by atoms with Gasteiger partial charge in [0.05, 0.1) is 23.3 Å². The number of rotatable bonds is 6. The number of fused-ring (bicyclic) bond motifs is 1. The van der Waals surface area contributed by atoms with E-state index in [2.05, 4.69) is 23.1 Å². The lowest BCUT2D eigenvalue weighted by molar-refractivity contribution is 0.0788. The van der Waals surface area contributed by atoms with Crippen molar-refractivity contribution in [1.82, 2.24) is 4.98 Å². The van der Waals surface area contributed by atoms with Crippen LogP contribution < -0.4 is 9.64 Å². The molecule has 1 saturated heterocycles. The largest absolute Gasteiger partial charge is 0.489 e. The van der Waals surface area contributed by atoms with Gasteiger partial charge in [0.25, 0.3) is 0 Å². The minimum atomic E-state index is 0. The van der Waals surface area contributed by atoms with Crippen LogP contribution in [0.3, 0.4) is 0 Å². The Morgan fingerprint density at radius 3 is 2.70 bits per heavy atom. The van der Waals surface area contributed by atoms with Crippen LogP contribution in [0.5, 0.6) is 5.75 Å². The number of nitrogens with zero attached hydrogens (tertiary/aromatic N) is 3. The highest BCUT2D eigenvalue weighted by Crippen LogP contribution is 2.32. The van der Waals surface area contributed by atoms with Gasteiger partial charge in [0.1, 0.15) is 12.4 Å². The summed E-state index contributed by atoms with van der Waals surface area (Å²) in [6, 6.07) is 17.8. The van der Waals surface area contributed by atoms with E-state index >= 15 is 0 Å². The van der Waals surface area contributed by atoms with Gasteiger partial charge in [-0.25, -0.2) is 0 Å². The maximum atomic E-state index is 8.90. The second-order valence-electron chi connectivity index (χ2n) is 7.37. The Bertz CT molecular complexity index is 1050. The lowest BCUT2D eigenvalue weighted by Gasteiger charge is -2.21. The molecule has 1 atom stereocenters. The van der Waals surface area contributed by atoms with Crippen LogP contribution in [0, 0.1) is 18.3 Å². The Morgan fingerprint density at radius 1 is 1.17 bits per heavy atom. The van der Waals surface area contributed by atoms with Gasteiger partial charge in [-0.15, -0.1) is 12.4 Å². The Labute approximate surface area is 183 Å². The third kappa shape index (κ3) is 4.84. The summed E-state index contributed by atoms with van der Waals surface area (Å²) in [5.74, 6) is 0.791. The minimum Gasteiger partial charge on any atom is -0.489 e. The van der Waals surface area contributed by atoms with Crippen molar-refractivity contribution in [2.24, 2.45) is 0 Å². The van der Waals surface area contributed by atoms with Crippen molar-refractivity contribution >= 4 is 29.0 Å². The second kappa shape index (κ2) is 9.80. The first-order valence-corrected chi connectivity index (χ1v) is 10.1. The van der Waals surface area contributed by atoms with Crippen LogP contribution in [0.25, 0.3) is 10.9 Å². The Kier molecular flexibility index (Phi) is 7.15. The molecule has 2 aromatic carbocycles. The average Bonchev–Trinajstić information content (AvgIpc) is 3.20. The maximum Gasteiger partial charge on any atom is 0.122 e. The minimum absolute atomic E-state index is 0. The lowest BCUT2D eigenvalue weighted by Crippen LogP contribution is -2.23. The first-order chi connectivity index (χ1) is 14.2. The van der Waals surface area contributed by atoms with E-state index in [1.54, 1.807) is 0 Å². The topological polar surface area (TPSA) is 58.4 Å². The molecule has 0 radical (unpaired) electrons. The van der Waals surface area contributed by atoms with Gasteiger partial charge in [-0.3, -0.25) is 4.98 Å². The third-order valence-corrected chi connectivity index (χ3v) is 5.26. The molecule has 0 amide bonds. The normalized spacial score (nSPS) is 15.6. The van der Waals surface area contributed by atoms with E-state index in [4.69, 9.17) is 19.7 Å². The van der Waals surface area contributed by atoms with Gasteiger partial charge in [-0.1, -0.05) is 12.1 Å². The summed E-state index contributed by atoms with van der Waals surface area (Å²) in [6.07, 6.45) is 1.36. The van der Waals surface area contributed by atoms with Crippen LogP contribution in [-0.4, -0.2) is 30.8 Å². The summed E-state index contributed by atoms with van der Waals surface area (Å²) in [7, 11) is 0. The van der Waals surface area contributed by atoms with Crippen molar-refractivity contribution in [3.63, 3.8) is 0 Å². The predicted octanol–water partition coefficient (Wildman–Crippen LogP) is 5.03. The van der Waals surface area contributed by atoms with Crippen molar-refractivity contribution < 1.29 is 9.47 Å². The van der Waals surface area contributed by atoms with Gasteiger partial charge in [-0.2, -0.15) is 5.26 Å². The van der Waals surface area contributed by atoms with Crippen LogP contribution in [0.4, 0.5) is 5.69 Å². The zero-order valence-electron chi connectivity index (χ0n) is 17.3. The molecule has 5 nitrogen and oxygen atoms in total. The molecular formula is C24H26ClN3O2. The number of halogens is 1. The van der Waals surface area contributed by atoms with Gasteiger partial charge < -0.3 is 14.4 Å². The number of aryl methyl sites for hydroxylation is 1. The number of pyridine rings is 1. The molecule has 1 aromatic heterocycles. The summed E-state index contributed by atoms with van der Waals surface area (Å²) in [5, 5.41) is 10.0. The molecule has 30 heavy (non-hydrogen) atoms. The van der Waals surface area contributed by atoms with E-state index in [0.717, 1.165) is 54.0 Å². The highest BCUT2D eigenvalue weighted by molar-refractivity contribution is 5.93. The molecule has 6 heteroatoms. The number of hydrogen-bond donors (Lipinski definition) is 0. The molecule has 4 rings (SSSR count). The Morgan fingerprint density at radius 2 is 1.97 bits per heavy atom. The Hall–Kier alpha value is -2.81. The number of hydrogen-bond acceptors (Lipinski definition) is 5. The fourth-order valence-corrected chi connectivity index (χ4v) is 3.83. The van der Waals surface area contributed by atoms with Crippen LogP contribution >= 0.6 is 12.4 Å². The van der Waals surface area contributed by atoms with Crippen LogP contribution in [-0.2, 0) is 11.3 Å². The van der Waals surface area contributed by atoms with E-state index in [9.17, 15) is 0 Å². The molecule has 0 saturated carbocycles. The van der Waals surface area contributed by atoms with Crippen molar-refractivity contribution in [2.45, 2.75) is 33.0 Å². The number of benzene rings is 2. The van der Waals surface area contributed by atoms with Gasteiger partial charge in [0.15, 0.2) is 0 Å². The number of nitriles is 1. The highest BCUT2D eigenvalue weighted by Gasteiger charge is 2.24. The van der Waals surface area contributed by atoms with Crippen LogP contribution in [0.15, 0.2) is 48.5 Å². The first kappa shape index (κ1) is 21.9. The zero-order valence-corrected chi connectivity index (χ0v) is 18.1. The van der Waals surface area contributed by atoms with Crippen LogP contribution in [0.1, 0.15) is 30.2 Å². The molecule has 0 aliphatic carbocycles. The van der Waals surface area contributed by atoms with Crippen LogP contribution in [0.2, 0.25) is 0 Å². The van der Waals surface area contributed by atoms with E-state index in [1.165, 1.54) is 5.69 Å². The fraction of sp³-hybridized carbons (Fsp3) is 0.333. The molecular weight excluding hydrogens is 398 g/mol. The zero-order chi connectivity index (χ0) is 20.2. The summed E-state index contributed by atoms with van der Waals surface area (Å²) in [4.78, 5) is 7.12. The summed E-state index contributed by atoms with van der Waals surface area (Å²) < 4.78 is 11.8. The summed E-state index contributed by atoms with van der Waals surface area (Å²) >= 11 is 0. The van der Waals surface area contributed by atoms with E-state index in [1.807, 2.05) is 50.2 Å². The first-order valence-electron chi connectivity index (χ1n) is 10.1. The molecule has 0 N–H and O–H groups in total. The van der Waals surface area contributed by atoms with E-state index < -0.39 is 0 Å². The molecule has 1 aliphatic rings. The molecule has 0 spiro atoms. The van der Waals surface area contributed by atoms with E-state index in [0.29, 0.717) is 18.3 Å². The number of ether oxygens (including phenoxy) is 2. The molecule has 156 valence electrons. The molecule has 1 aliphatic heterocycles. The maximum absolute atomic E-state index is 8.90. The van der Waals surface area contributed by atoms with Crippen molar-refractivity contribution in [3.8, 4) is 11.8 Å². The molecule has 1 unspecified atom stereocenters. The fourth-order valence-electron chi connectivity index (χ4n) is 3.83. The SMILES string of the molecule is CCOC1CCN(c2cc(C)nc3cc(OCc4ccc(C#N)cc4)ccc23)C1.Cl. The monoisotopic (exact) mass is 423 g/mol.